The summed E-state index contributed by atoms with van der Waals surface area (Å²) in [5.74, 6) is 0.575. The van der Waals surface area contributed by atoms with Crippen LogP contribution in [0, 0.1) is 0 Å². The van der Waals surface area contributed by atoms with Crippen molar-refractivity contribution in [2.24, 2.45) is 7.05 Å². The Hall–Kier alpha value is -1.47. The zero-order valence-electron chi connectivity index (χ0n) is 9.62. The first-order valence-corrected chi connectivity index (χ1v) is 7.51. The van der Waals surface area contributed by atoms with Gasteiger partial charge in [-0.05, 0) is 24.1 Å². The summed E-state index contributed by atoms with van der Waals surface area (Å²) < 4.78 is 23.7. The van der Waals surface area contributed by atoms with Crippen molar-refractivity contribution in [2.75, 3.05) is 0 Å². The summed E-state index contributed by atoms with van der Waals surface area (Å²) in [5.41, 5.74) is 1.10. The van der Waals surface area contributed by atoms with E-state index in [9.17, 15) is 8.42 Å². The fourth-order valence-corrected chi connectivity index (χ4v) is 2.55. The highest BCUT2D eigenvalue weighted by Crippen LogP contribution is 2.13. The molecule has 2 heterocycles. The van der Waals surface area contributed by atoms with Gasteiger partial charge < -0.3 is 4.57 Å². The van der Waals surface area contributed by atoms with Crippen LogP contribution in [0.1, 0.15) is 11.4 Å². The van der Waals surface area contributed by atoms with Crippen LogP contribution in [0.2, 0.25) is 0 Å². The van der Waals surface area contributed by atoms with Gasteiger partial charge in [-0.2, -0.15) is 0 Å². The van der Waals surface area contributed by atoms with Gasteiger partial charge in [-0.1, -0.05) is 0 Å². The lowest BCUT2D eigenvalue weighted by Gasteiger charge is -2.02. The monoisotopic (exact) mass is 286 g/mol. The van der Waals surface area contributed by atoms with Gasteiger partial charge in [0.2, 0.25) is 0 Å². The van der Waals surface area contributed by atoms with Gasteiger partial charge >= 0.3 is 0 Å². The molecule has 0 aromatic carbocycles. The Morgan fingerprint density at radius 2 is 1.89 bits per heavy atom. The third-order valence-electron chi connectivity index (χ3n) is 2.53. The summed E-state index contributed by atoms with van der Waals surface area (Å²) in [4.78, 5) is 3.92. The lowest BCUT2D eigenvalue weighted by molar-refractivity contribution is 0.590. The van der Waals surface area contributed by atoms with E-state index < -0.39 is 9.05 Å². The van der Waals surface area contributed by atoms with Gasteiger partial charge in [0.1, 0.15) is 5.82 Å². The summed E-state index contributed by atoms with van der Waals surface area (Å²) in [6, 6.07) is 3.80. The highest BCUT2D eigenvalue weighted by Gasteiger charge is 2.19. The van der Waals surface area contributed by atoms with Crippen molar-refractivity contribution in [2.45, 2.75) is 18.0 Å². The molecule has 0 aliphatic rings. The summed E-state index contributed by atoms with van der Waals surface area (Å²) in [6.07, 6.45) is 4.73. The molecule has 0 fully saturated rings. The molecular weight excluding hydrogens is 276 g/mol. The van der Waals surface area contributed by atoms with Gasteiger partial charge in [-0.3, -0.25) is 4.98 Å². The van der Waals surface area contributed by atoms with Crippen molar-refractivity contribution >= 4 is 19.7 Å². The molecule has 0 spiro atoms. The Morgan fingerprint density at radius 1 is 1.22 bits per heavy atom. The fourth-order valence-electron chi connectivity index (χ4n) is 1.58. The fraction of sp³-hybridized carbons (Fsp3) is 0.300. The van der Waals surface area contributed by atoms with E-state index >= 15 is 0 Å². The van der Waals surface area contributed by atoms with Crippen LogP contribution in [0.5, 0.6) is 0 Å². The van der Waals surface area contributed by atoms with Gasteiger partial charge in [-0.15, -0.1) is 10.2 Å². The van der Waals surface area contributed by atoms with Gasteiger partial charge in [-0.25, -0.2) is 8.42 Å². The van der Waals surface area contributed by atoms with Crippen LogP contribution in [-0.4, -0.2) is 28.2 Å². The summed E-state index contributed by atoms with van der Waals surface area (Å²) in [7, 11) is 2.97. The predicted octanol–water partition coefficient (Wildman–Crippen LogP) is 0.923. The molecule has 0 atom stereocenters. The van der Waals surface area contributed by atoms with E-state index in [2.05, 4.69) is 15.2 Å². The minimum Gasteiger partial charge on any atom is -0.304 e. The minimum atomic E-state index is -3.84. The molecule has 0 radical (unpaired) electrons. The van der Waals surface area contributed by atoms with Crippen molar-refractivity contribution in [1.29, 1.82) is 0 Å². The number of aryl methyl sites for hydroxylation is 2. The number of hydrogen-bond acceptors (Lipinski definition) is 5. The molecule has 8 heteroatoms. The highest BCUT2D eigenvalue weighted by atomic mass is 35.7. The minimum absolute atomic E-state index is 0.228. The Labute approximate surface area is 109 Å². The van der Waals surface area contributed by atoms with Gasteiger partial charge in [0.25, 0.3) is 14.2 Å². The smallest absolute Gasteiger partial charge is 0.296 e. The molecule has 0 bridgehead atoms. The van der Waals surface area contributed by atoms with E-state index in [4.69, 9.17) is 10.7 Å². The quantitative estimate of drug-likeness (QED) is 0.781. The van der Waals surface area contributed by atoms with Crippen molar-refractivity contribution < 1.29 is 8.42 Å². The maximum Gasteiger partial charge on any atom is 0.296 e. The third-order valence-corrected chi connectivity index (χ3v) is 3.74. The number of aromatic nitrogens is 4. The Kier molecular flexibility index (Phi) is 3.63. The standard InChI is InChI=1S/C10H11ClN4O2S/c1-15-9(13-14-10(15)18(11,16)17)3-2-8-4-6-12-7-5-8/h4-7H,2-3H2,1H3. The largest absolute Gasteiger partial charge is 0.304 e. The highest BCUT2D eigenvalue weighted by molar-refractivity contribution is 8.13. The van der Waals surface area contributed by atoms with Crippen LogP contribution in [0.3, 0.4) is 0 Å². The molecule has 0 aliphatic carbocycles. The van der Waals surface area contributed by atoms with Crippen LogP contribution in [-0.2, 0) is 28.9 Å². The topological polar surface area (TPSA) is 77.7 Å². The second kappa shape index (κ2) is 5.03. The third kappa shape index (κ3) is 2.85. The Balaban J connectivity index is 2.14. The number of rotatable bonds is 4. The van der Waals surface area contributed by atoms with Crippen molar-refractivity contribution in [3.05, 3.63) is 35.9 Å². The van der Waals surface area contributed by atoms with E-state index in [0.29, 0.717) is 12.2 Å². The molecule has 0 amide bonds. The van der Waals surface area contributed by atoms with E-state index in [-0.39, 0.29) is 5.16 Å². The molecule has 2 aromatic heterocycles. The summed E-state index contributed by atoms with van der Waals surface area (Å²) >= 11 is 0. The van der Waals surface area contributed by atoms with E-state index in [0.717, 1.165) is 12.0 Å². The predicted molar refractivity (Wildman–Crippen MR) is 65.7 cm³/mol. The van der Waals surface area contributed by atoms with Crippen LogP contribution >= 0.6 is 10.7 Å². The Bertz CT molecular complexity index is 639. The van der Waals surface area contributed by atoms with E-state index in [1.807, 2.05) is 12.1 Å². The lowest BCUT2D eigenvalue weighted by Crippen LogP contribution is -2.06. The van der Waals surface area contributed by atoms with Crippen molar-refractivity contribution in [3.8, 4) is 0 Å². The second-order valence-corrected chi connectivity index (χ2v) is 6.21. The molecule has 2 rings (SSSR count). The molecule has 96 valence electrons. The average molecular weight is 287 g/mol. The first kappa shape index (κ1) is 13.0. The maximum atomic E-state index is 11.2. The number of hydrogen-bond donors (Lipinski definition) is 0. The van der Waals surface area contributed by atoms with Crippen LogP contribution in [0.15, 0.2) is 29.7 Å². The summed E-state index contributed by atoms with van der Waals surface area (Å²) in [6.45, 7) is 0. The van der Waals surface area contributed by atoms with Crippen LogP contribution < -0.4 is 0 Å². The van der Waals surface area contributed by atoms with E-state index in [1.54, 1.807) is 19.4 Å². The molecule has 0 N–H and O–H groups in total. The van der Waals surface area contributed by atoms with Gasteiger partial charge in [0, 0.05) is 36.5 Å². The first-order valence-electron chi connectivity index (χ1n) is 5.20. The molecule has 0 unspecified atom stereocenters. The van der Waals surface area contributed by atoms with Crippen molar-refractivity contribution in [1.82, 2.24) is 19.7 Å². The second-order valence-electron chi connectivity index (χ2n) is 3.75. The van der Waals surface area contributed by atoms with Crippen molar-refractivity contribution in [3.63, 3.8) is 0 Å². The maximum absolute atomic E-state index is 11.2. The average Bonchev–Trinajstić information content (AvgIpc) is 2.69. The van der Waals surface area contributed by atoms with Crippen LogP contribution in [0.4, 0.5) is 0 Å². The van der Waals surface area contributed by atoms with Gasteiger partial charge in [0.15, 0.2) is 0 Å². The molecule has 0 saturated carbocycles. The van der Waals surface area contributed by atoms with Gasteiger partial charge in [0.05, 0.1) is 0 Å². The molecule has 0 aliphatic heterocycles. The molecule has 18 heavy (non-hydrogen) atoms. The zero-order chi connectivity index (χ0) is 13.2. The lowest BCUT2D eigenvalue weighted by atomic mass is 10.1. The number of pyridine rings is 1. The number of nitrogens with zero attached hydrogens (tertiary/aromatic N) is 4. The first-order chi connectivity index (χ1) is 8.48. The molecular formula is C10H11ClN4O2S. The molecule has 0 saturated heterocycles. The Morgan fingerprint density at radius 3 is 2.44 bits per heavy atom. The van der Waals surface area contributed by atoms with Crippen LogP contribution in [0.25, 0.3) is 0 Å². The summed E-state index contributed by atoms with van der Waals surface area (Å²) in [5, 5.41) is 7.18. The SMILES string of the molecule is Cn1c(CCc2ccncc2)nnc1S(=O)(=O)Cl. The molecule has 2 aromatic rings. The number of halogens is 1. The normalized spacial score (nSPS) is 11.7. The van der Waals surface area contributed by atoms with E-state index in [1.165, 1.54) is 4.57 Å². The zero-order valence-corrected chi connectivity index (χ0v) is 11.2. The molecule has 6 nitrogen and oxygen atoms in total.